The fraction of sp³-hybridized carbons (Fsp3) is 0.818. The molecule has 0 rings (SSSR count). The smallest absolute Gasteiger partial charge is 0.261 e. The maximum absolute atomic E-state index is 5.83. The highest BCUT2D eigenvalue weighted by atomic mass is 28.4. The molecule has 0 saturated heterocycles. The predicted molar refractivity (Wildman–Crippen MR) is 63.6 cm³/mol. The molecule has 2 nitrogen and oxygen atoms in total. The van der Waals surface area contributed by atoms with Crippen LogP contribution in [-0.2, 0) is 9.16 Å². The van der Waals surface area contributed by atoms with Gasteiger partial charge in [0.2, 0.25) is 8.32 Å². The van der Waals surface area contributed by atoms with Crippen LogP contribution in [0.3, 0.4) is 0 Å². The summed E-state index contributed by atoms with van der Waals surface area (Å²) in [5.41, 5.74) is 0.101. The summed E-state index contributed by atoms with van der Waals surface area (Å²) in [5.74, 6) is 0.694. The van der Waals surface area contributed by atoms with Crippen molar-refractivity contribution in [3.63, 3.8) is 0 Å². The Morgan fingerprint density at radius 1 is 1.21 bits per heavy atom. The van der Waals surface area contributed by atoms with Gasteiger partial charge in [0.15, 0.2) is 0 Å². The summed E-state index contributed by atoms with van der Waals surface area (Å²) in [5, 5.41) is 0. The first kappa shape index (κ1) is 13.6. The molecule has 0 aromatic heterocycles. The van der Waals surface area contributed by atoms with E-state index in [2.05, 4.69) is 46.5 Å². The Hall–Kier alpha value is -0.443. The van der Waals surface area contributed by atoms with Gasteiger partial charge in [0.05, 0.1) is 6.61 Å². The van der Waals surface area contributed by atoms with Crippen molar-refractivity contribution in [3.8, 4) is 0 Å². The highest BCUT2D eigenvalue weighted by molar-refractivity contribution is 6.69. The molecule has 0 amide bonds. The van der Waals surface area contributed by atoms with Crippen LogP contribution in [0, 0.1) is 5.41 Å². The molecule has 0 aliphatic rings. The Morgan fingerprint density at radius 2 is 1.71 bits per heavy atom. The molecule has 0 radical (unpaired) electrons. The molecule has 0 fully saturated rings. The van der Waals surface area contributed by atoms with Gasteiger partial charge in [0, 0.05) is 6.08 Å². The van der Waals surface area contributed by atoms with Crippen LogP contribution in [0.1, 0.15) is 27.7 Å². The van der Waals surface area contributed by atoms with E-state index >= 15 is 0 Å². The summed E-state index contributed by atoms with van der Waals surface area (Å²) in [6.07, 6.45) is 2.05. The molecule has 0 aromatic rings. The summed E-state index contributed by atoms with van der Waals surface area (Å²) in [4.78, 5) is 0. The van der Waals surface area contributed by atoms with Crippen LogP contribution in [0.15, 0.2) is 12.0 Å². The van der Waals surface area contributed by atoms with Crippen molar-refractivity contribution in [2.45, 2.75) is 47.3 Å². The average Bonchev–Trinajstić information content (AvgIpc) is 1.78. The summed E-state index contributed by atoms with van der Waals surface area (Å²) >= 11 is 0. The molecular formula is C11H24O2Si. The Bertz CT molecular complexity index is 196. The first-order chi connectivity index (χ1) is 6.14. The van der Waals surface area contributed by atoms with E-state index in [1.165, 1.54) is 0 Å². The molecule has 0 bridgehead atoms. The predicted octanol–water partition coefficient (Wildman–Crippen LogP) is 3.76. The van der Waals surface area contributed by atoms with Crippen molar-refractivity contribution < 1.29 is 9.16 Å². The van der Waals surface area contributed by atoms with Gasteiger partial charge >= 0.3 is 0 Å². The zero-order valence-electron chi connectivity index (χ0n) is 10.6. The molecule has 14 heavy (non-hydrogen) atoms. The minimum atomic E-state index is -1.55. The normalized spacial score (nSPS) is 14.1. The molecule has 0 spiro atoms. The van der Waals surface area contributed by atoms with E-state index in [-0.39, 0.29) is 5.41 Å². The third-order valence-electron chi connectivity index (χ3n) is 1.24. The number of ether oxygens (including phenoxy) is 1. The standard InChI is InChI=1S/C11H24O2Si/c1-8-12-10(9-11(2,3)4)13-14(5,6)7/h9H,8H2,1-7H3/b10-9-. The Labute approximate surface area is 89.4 Å². The van der Waals surface area contributed by atoms with Gasteiger partial charge in [-0.1, -0.05) is 20.8 Å². The van der Waals surface area contributed by atoms with E-state index in [1.807, 2.05) is 6.92 Å². The minimum Gasteiger partial charge on any atom is -0.520 e. The molecule has 0 aliphatic carbocycles. The van der Waals surface area contributed by atoms with E-state index in [4.69, 9.17) is 9.16 Å². The van der Waals surface area contributed by atoms with Crippen molar-refractivity contribution in [2.24, 2.45) is 5.41 Å². The fourth-order valence-corrected chi connectivity index (χ4v) is 1.62. The number of rotatable bonds is 4. The van der Waals surface area contributed by atoms with Crippen molar-refractivity contribution in [3.05, 3.63) is 12.0 Å². The van der Waals surface area contributed by atoms with Crippen molar-refractivity contribution >= 4 is 8.32 Å². The van der Waals surface area contributed by atoms with Gasteiger partial charge in [-0.05, 0) is 32.0 Å². The molecule has 0 atom stereocenters. The maximum Gasteiger partial charge on any atom is 0.261 e. The second-order valence-electron chi connectivity index (χ2n) is 5.48. The topological polar surface area (TPSA) is 18.5 Å². The molecule has 0 heterocycles. The second-order valence-corrected chi connectivity index (χ2v) is 9.91. The first-order valence-corrected chi connectivity index (χ1v) is 8.59. The molecule has 0 aromatic carbocycles. The van der Waals surface area contributed by atoms with Crippen molar-refractivity contribution in [1.29, 1.82) is 0 Å². The lowest BCUT2D eigenvalue weighted by atomic mass is 9.97. The van der Waals surface area contributed by atoms with Crippen LogP contribution in [0.2, 0.25) is 19.6 Å². The minimum absolute atomic E-state index is 0.101. The van der Waals surface area contributed by atoms with Gasteiger partial charge in [-0.25, -0.2) is 0 Å². The number of hydrogen-bond donors (Lipinski definition) is 0. The molecule has 0 saturated carbocycles. The fourth-order valence-electron chi connectivity index (χ4n) is 0.898. The first-order valence-electron chi connectivity index (χ1n) is 5.19. The Kier molecular flexibility index (Phi) is 4.72. The highest BCUT2D eigenvalue weighted by Crippen LogP contribution is 2.21. The van der Waals surface area contributed by atoms with Gasteiger partial charge in [0.25, 0.3) is 5.95 Å². The molecule has 84 valence electrons. The van der Waals surface area contributed by atoms with Gasteiger partial charge in [0.1, 0.15) is 0 Å². The molecular weight excluding hydrogens is 192 g/mol. The van der Waals surface area contributed by atoms with Crippen LogP contribution < -0.4 is 0 Å². The van der Waals surface area contributed by atoms with Crippen LogP contribution >= 0.6 is 0 Å². The quantitative estimate of drug-likeness (QED) is 0.526. The highest BCUT2D eigenvalue weighted by Gasteiger charge is 2.20. The van der Waals surface area contributed by atoms with Crippen LogP contribution in [-0.4, -0.2) is 14.9 Å². The van der Waals surface area contributed by atoms with E-state index in [1.54, 1.807) is 0 Å². The zero-order chi connectivity index (χ0) is 11.4. The van der Waals surface area contributed by atoms with Crippen molar-refractivity contribution in [2.75, 3.05) is 6.61 Å². The number of allylic oxidation sites excluding steroid dienone is 1. The summed E-state index contributed by atoms with van der Waals surface area (Å²) < 4.78 is 11.3. The zero-order valence-corrected chi connectivity index (χ0v) is 11.6. The molecule has 0 aliphatic heterocycles. The lowest BCUT2D eigenvalue weighted by Crippen LogP contribution is -2.26. The second kappa shape index (κ2) is 4.87. The van der Waals surface area contributed by atoms with Crippen LogP contribution in [0.4, 0.5) is 0 Å². The summed E-state index contributed by atoms with van der Waals surface area (Å²) in [7, 11) is -1.55. The van der Waals surface area contributed by atoms with Gasteiger partial charge in [-0.15, -0.1) is 0 Å². The largest absolute Gasteiger partial charge is 0.520 e. The van der Waals surface area contributed by atoms with E-state index < -0.39 is 8.32 Å². The Balaban J connectivity index is 4.53. The van der Waals surface area contributed by atoms with Gasteiger partial charge < -0.3 is 9.16 Å². The lowest BCUT2D eigenvalue weighted by molar-refractivity contribution is 0.107. The third-order valence-corrected chi connectivity index (χ3v) is 2.06. The molecule has 0 unspecified atom stereocenters. The maximum atomic E-state index is 5.83. The van der Waals surface area contributed by atoms with E-state index in [9.17, 15) is 0 Å². The Morgan fingerprint density at radius 3 is 2.00 bits per heavy atom. The molecule has 3 heteroatoms. The van der Waals surface area contributed by atoms with Gasteiger partial charge in [-0.2, -0.15) is 0 Å². The van der Waals surface area contributed by atoms with Crippen molar-refractivity contribution in [1.82, 2.24) is 0 Å². The molecule has 0 N–H and O–H groups in total. The number of hydrogen-bond acceptors (Lipinski definition) is 2. The van der Waals surface area contributed by atoms with E-state index in [0.717, 1.165) is 0 Å². The van der Waals surface area contributed by atoms with Crippen LogP contribution in [0.5, 0.6) is 0 Å². The summed E-state index contributed by atoms with van der Waals surface area (Å²) in [6.45, 7) is 15.5. The third kappa shape index (κ3) is 8.17. The SMILES string of the molecule is CCO/C(=C/C(C)(C)C)O[Si](C)(C)C. The lowest BCUT2D eigenvalue weighted by Gasteiger charge is -2.23. The monoisotopic (exact) mass is 216 g/mol. The van der Waals surface area contributed by atoms with Gasteiger partial charge in [-0.3, -0.25) is 0 Å². The van der Waals surface area contributed by atoms with E-state index in [0.29, 0.717) is 12.6 Å². The summed E-state index contributed by atoms with van der Waals surface area (Å²) in [6, 6.07) is 0. The van der Waals surface area contributed by atoms with Crippen LogP contribution in [0.25, 0.3) is 0 Å². The average molecular weight is 216 g/mol.